The minimum atomic E-state index is -0.378. The molecule has 0 saturated heterocycles. The number of ether oxygens (including phenoxy) is 1. The van der Waals surface area contributed by atoms with Crippen LogP contribution in [0.2, 0.25) is 5.02 Å². The molecule has 146 valence electrons. The van der Waals surface area contributed by atoms with Gasteiger partial charge in [0.2, 0.25) is 0 Å². The van der Waals surface area contributed by atoms with Gasteiger partial charge in [0.25, 0.3) is 0 Å². The highest BCUT2D eigenvalue weighted by molar-refractivity contribution is 6.30. The van der Waals surface area contributed by atoms with Crippen LogP contribution in [0, 0.1) is 0 Å². The van der Waals surface area contributed by atoms with Crippen LogP contribution < -0.4 is 15.4 Å². The second kappa shape index (κ2) is 9.28. The molecule has 1 atom stereocenters. The van der Waals surface area contributed by atoms with E-state index in [1.54, 1.807) is 13.3 Å². The Morgan fingerprint density at radius 2 is 2.04 bits per heavy atom. The summed E-state index contributed by atoms with van der Waals surface area (Å²) in [4.78, 5) is 16.9. The number of benzene rings is 2. The molecule has 2 N–H and O–H groups in total. The number of aryl methyl sites for hydroxylation is 1. The first kappa shape index (κ1) is 19.8. The molecule has 0 spiro atoms. The fourth-order valence-corrected chi connectivity index (χ4v) is 3.16. The van der Waals surface area contributed by atoms with Crippen molar-refractivity contribution >= 4 is 17.6 Å². The second-order valence-corrected chi connectivity index (χ2v) is 6.82. The molecular weight excluding hydrogens is 376 g/mol. The number of urea groups is 1. The van der Waals surface area contributed by atoms with E-state index >= 15 is 0 Å². The van der Waals surface area contributed by atoms with E-state index in [2.05, 4.69) is 15.6 Å². The minimum absolute atomic E-state index is 0.258. The Hall–Kier alpha value is -2.99. The molecule has 3 aromatic rings. The van der Waals surface area contributed by atoms with Crippen LogP contribution in [0.3, 0.4) is 0 Å². The number of carbonyl (C=O) groups excluding carboxylic acids is 1. The fourth-order valence-electron chi connectivity index (χ4n) is 2.94. The molecular formula is C21H23ClN4O2. The lowest BCUT2D eigenvalue weighted by Crippen LogP contribution is -2.40. The van der Waals surface area contributed by atoms with E-state index in [0.29, 0.717) is 18.0 Å². The number of halogens is 1. The van der Waals surface area contributed by atoms with Crippen molar-refractivity contribution in [3.63, 3.8) is 0 Å². The summed E-state index contributed by atoms with van der Waals surface area (Å²) in [6.07, 6.45) is 4.26. The van der Waals surface area contributed by atoms with Gasteiger partial charge < -0.3 is 19.9 Å². The van der Waals surface area contributed by atoms with Crippen molar-refractivity contribution in [2.45, 2.75) is 12.5 Å². The van der Waals surface area contributed by atoms with Gasteiger partial charge in [0.15, 0.2) is 0 Å². The van der Waals surface area contributed by atoms with Gasteiger partial charge in [0.1, 0.15) is 17.6 Å². The molecule has 0 aliphatic heterocycles. The molecule has 0 saturated carbocycles. The summed E-state index contributed by atoms with van der Waals surface area (Å²) < 4.78 is 7.11. The quantitative estimate of drug-likeness (QED) is 0.637. The number of carbonyl (C=O) groups is 1. The van der Waals surface area contributed by atoms with E-state index in [1.807, 2.05) is 66.3 Å². The van der Waals surface area contributed by atoms with Gasteiger partial charge in [0, 0.05) is 31.0 Å². The number of amides is 2. The van der Waals surface area contributed by atoms with E-state index in [0.717, 1.165) is 22.7 Å². The number of rotatable bonds is 7. The minimum Gasteiger partial charge on any atom is -0.497 e. The van der Waals surface area contributed by atoms with Crippen molar-refractivity contribution in [1.29, 1.82) is 0 Å². The number of aromatic nitrogens is 2. The number of hydrogen-bond acceptors (Lipinski definition) is 3. The van der Waals surface area contributed by atoms with Crippen molar-refractivity contribution in [3.05, 3.63) is 82.9 Å². The molecule has 0 bridgehead atoms. The molecule has 28 heavy (non-hydrogen) atoms. The average molecular weight is 399 g/mol. The second-order valence-electron chi connectivity index (χ2n) is 6.38. The maximum absolute atomic E-state index is 12.5. The smallest absolute Gasteiger partial charge is 0.315 e. The number of nitrogens with zero attached hydrogens (tertiary/aromatic N) is 2. The van der Waals surface area contributed by atoms with Gasteiger partial charge in [-0.1, -0.05) is 35.9 Å². The zero-order valence-electron chi connectivity index (χ0n) is 15.9. The highest BCUT2D eigenvalue weighted by Crippen LogP contribution is 2.22. The molecule has 0 radical (unpaired) electrons. The molecule has 0 aliphatic carbocycles. The summed E-state index contributed by atoms with van der Waals surface area (Å²) in [5, 5.41) is 6.60. The molecule has 0 unspecified atom stereocenters. The summed E-state index contributed by atoms with van der Waals surface area (Å²) in [6.45, 7) is 0.502. The predicted octanol–water partition coefficient (Wildman–Crippen LogP) is 3.71. The number of imidazole rings is 1. The highest BCUT2D eigenvalue weighted by Gasteiger charge is 2.20. The Morgan fingerprint density at radius 3 is 2.68 bits per heavy atom. The topological polar surface area (TPSA) is 68.2 Å². The molecule has 7 heteroatoms. The molecule has 0 fully saturated rings. The summed E-state index contributed by atoms with van der Waals surface area (Å²) in [5.41, 5.74) is 1.99. The molecule has 1 aromatic heterocycles. The monoisotopic (exact) mass is 398 g/mol. The lowest BCUT2D eigenvalue weighted by atomic mass is 10.1. The van der Waals surface area contributed by atoms with Crippen LogP contribution in [0.25, 0.3) is 0 Å². The summed E-state index contributed by atoms with van der Waals surface area (Å²) in [7, 11) is 3.52. The first-order valence-electron chi connectivity index (χ1n) is 8.97. The summed E-state index contributed by atoms with van der Waals surface area (Å²) in [6, 6.07) is 14.6. The molecule has 2 amide bonds. The third-order valence-corrected chi connectivity index (χ3v) is 4.66. The number of hydrogen-bond donors (Lipinski definition) is 2. The maximum Gasteiger partial charge on any atom is 0.315 e. The third kappa shape index (κ3) is 5.04. The Bertz CT molecular complexity index is 924. The fraction of sp³-hybridized carbons (Fsp3) is 0.238. The van der Waals surface area contributed by atoms with Crippen molar-refractivity contribution in [2.75, 3.05) is 13.7 Å². The van der Waals surface area contributed by atoms with Crippen molar-refractivity contribution in [2.24, 2.45) is 7.05 Å². The van der Waals surface area contributed by atoms with Crippen LogP contribution in [0.15, 0.2) is 60.9 Å². The Labute approximate surface area is 169 Å². The Balaban J connectivity index is 1.66. The molecule has 3 rings (SSSR count). The predicted molar refractivity (Wildman–Crippen MR) is 110 cm³/mol. The summed E-state index contributed by atoms with van der Waals surface area (Å²) >= 11 is 6.00. The van der Waals surface area contributed by atoms with Crippen LogP contribution in [0.1, 0.15) is 23.0 Å². The third-order valence-electron chi connectivity index (χ3n) is 4.43. The molecule has 6 nitrogen and oxygen atoms in total. The zero-order valence-corrected chi connectivity index (χ0v) is 16.6. The SMILES string of the molecule is COc1ccc([C@@H](NC(=O)NCCc2cccc(Cl)c2)c2nccn2C)cc1. The first-order chi connectivity index (χ1) is 13.6. The van der Waals surface area contributed by atoms with E-state index in [1.165, 1.54) is 0 Å². The van der Waals surface area contributed by atoms with Crippen LogP contribution in [-0.4, -0.2) is 29.2 Å². The Kier molecular flexibility index (Phi) is 6.55. The van der Waals surface area contributed by atoms with Crippen LogP contribution >= 0.6 is 11.6 Å². The van der Waals surface area contributed by atoms with Crippen molar-refractivity contribution < 1.29 is 9.53 Å². The largest absolute Gasteiger partial charge is 0.497 e. The number of methoxy groups -OCH3 is 1. The summed E-state index contributed by atoms with van der Waals surface area (Å²) in [5.74, 6) is 1.50. The van der Waals surface area contributed by atoms with Gasteiger partial charge in [-0.25, -0.2) is 9.78 Å². The Morgan fingerprint density at radius 1 is 1.25 bits per heavy atom. The van der Waals surface area contributed by atoms with Gasteiger partial charge in [-0.05, 0) is 41.8 Å². The van der Waals surface area contributed by atoms with Crippen LogP contribution in [-0.2, 0) is 13.5 Å². The van der Waals surface area contributed by atoms with Gasteiger partial charge in [-0.2, -0.15) is 0 Å². The lowest BCUT2D eigenvalue weighted by molar-refractivity contribution is 0.238. The molecule has 2 aromatic carbocycles. The zero-order chi connectivity index (χ0) is 19.9. The molecule has 0 aliphatic rings. The highest BCUT2D eigenvalue weighted by atomic mass is 35.5. The van der Waals surface area contributed by atoms with Crippen molar-refractivity contribution in [3.8, 4) is 5.75 Å². The normalized spacial score (nSPS) is 11.7. The van der Waals surface area contributed by atoms with Crippen molar-refractivity contribution in [1.82, 2.24) is 20.2 Å². The van der Waals surface area contributed by atoms with Gasteiger partial charge in [-0.15, -0.1) is 0 Å². The first-order valence-corrected chi connectivity index (χ1v) is 9.34. The van der Waals surface area contributed by atoms with Gasteiger partial charge >= 0.3 is 6.03 Å². The molecule has 1 heterocycles. The number of nitrogens with one attached hydrogen (secondary N) is 2. The van der Waals surface area contributed by atoms with Crippen LogP contribution in [0.4, 0.5) is 4.79 Å². The lowest BCUT2D eigenvalue weighted by Gasteiger charge is -2.20. The van der Waals surface area contributed by atoms with Crippen LogP contribution in [0.5, 0.6) is 5.75 Å². The van der Waals surface area contributed by atoms with E-state index in [-0.39, 0.29) is 12.1 Å². The van der Waals surface area contributed by atoms with Gasteiger partial charge in [-0.3, -0.25) is 0 Å². The van der Waals surface area contributed by atoms with Gasteiger partial charge in [0.05, 0.1) is 7.11 Å². The van der Waals surface area contributed by atoms with E-state index in [9.17, 15) is 4.79 Å². The maximum atomic E-state index is 12.5. The average Bonchev–Trinajstić information content (AvgIpc) is 3.12. The van der Waals surface area contributed by atoms with E-state index in [4.69, 9.17) is 16.3 Å². The van der Waals surface area contributed by atoms with E-state index < -0.39 is 0 Å². The standard InChI is InChI=1S/C21H23ClN4O2/c1-26-13-12-23-20(26)19(16-6-8-18(28-2)9-7-16)25-21(27)24-11-10-15-4-3-5-17(22)14-15/h3-9,12-14,19H,10-11H2,1-2H3,(H2,24,25,27)/t19-/m1/s1.